The van der Waals surface area contributed by atoms with Crippen molar-refractivity contribution in [2.45, 2.75) is 38.5 Å². The van der Waals surface area contributed by atoms with Crippen molar-refractivity contribution in [1.29, 1.82) is 0 Å². The highest BCUT2D eigenvalue weighted by Gasteiger charge is 2.38. The third-order valence-corrected chi connectivity index (χ3v) is 6.55. The van der Waals surface area contributed by atoms with Crippen LogP contribution in [0.15, 0.2) is 18.5 Å². The van der Waals surface area contributed by atoms with E-state index in [-0.39, 0.29) is 0 Å². The Bertz CT molecular complexity index is 496. The van der Waals surface area contributed by atoms with Crippen LogP contribution in [-0.2, 0) is 0 Å². The van der Waals surface area contributed by atoms with E-state index in [4.69, 9.17) is 0 Å². The van der Waals surface area contributed by atoms with Gasteiger partial charge in [-0.15, -0.1) is 0 Å². The number of anilines is 1. The van der Waals surface area contributed by atoms with E-state index in [1.165, 1.54) is 71.2 Å². The lowest BCUT2D eigenvalue weighted by atomic mass is 9.71. The highest BCUT2D eigenvalue weighted by molar-refractivity contribution is 5.29. The van der Waals surface area contributed by atoms with Crippen molar-refractivity contribution in [1.82, 2.24) is 20.2 Å². The van der Waals surface area contributed by atoms with Crippen LogP contribution in [0.4, 0.5) is 5.95 Å². The summed E-state index contributed by atoms with van der Waals surface area (Å²) in [5.74, 6) is 1.84. The minimum Gasteiger partial charge on any atom is -0.341 e. The molecule has 132 valence electrons. The van der Waals surface area contributed by atoms with Gasteiger partial charge in [0.1, 0.15) is 0 Å². The van der Waals surface area contributed by atoms with Gasteiger partial charge in [-0.1, -0.05) is 0 Å². The maximum Gasteiger partial charge on any atom is 0.225 e. The number of nitrogens with zero attached hydrogens (tertiary/aromatic N) is 4. The van der Waals surface area contributed by atoms with Crippen molar-refractivity contribution in [3.05, 3.63) is 18.5 Å². The maximum atomic E-state index is 4.41. The van der Waals surface area contributed by atoms with Gasteiger partial charge in [-0.2, -0.15) is 0 Å². The van der Waals surface area contributed by atoms with Gasteiger partial charge < -0.3 is 15.1 Å². The first-order valence-electron chi connectivity index (χ1n) is 9.78. The Morgan fingerprint density at radius 3 is 2.25 bits per heavy atom. The predicted molar refractivity (Wildman–Crippen MR) is 97.2 cm³/mol. The highest BCUT2D eigenvalue weighted by Crippen LogP contribution is 2.41. The minimum atomic E-state index is 0.593. The third kappa shape index (κ3) is 3.72. The first-order chi connectivity index (χ1) is 11.8. The van der Waals surface area contributed by atoms with Crippen LogP contribution >= 0.6 is 0 Å². The molecule has 3 aliphatic rings. The quantitative estimate of drug-likeness (QED) is 0.921. The normalized spacial score (nSPS) is 25.9. The zero-order valence-electron chi connectivity index (χ0n) is 14.8. The van der Waals surface area contributed by atoms with Crippen LogP contribution in [0.1, 0.15) is 38.5 Å². The van der Waals surface area contributed by atoms with E-state index in [1.54, 1.807) is 0 Å². The predicted octanol–water partition coefficient (Wildman–Crippen LogP) is 2.16. The Labute approximate surface area is 145 Å². The number of nitrogens with one attached hydrogen (secondary N) is 1. The zero-order valence-corrected chi connectivity index (χ0v) is 14.8. The average Bonchev–Trinajstić information content (AvgIpc) is 2.66. The van der Waals surface area contributed by atoms with Crippen molar-refractivity contribution in [3.8, 4) is 0 Å². The van der Waals surface area contributed by atoms with Crippen molar-refractivity contribution in [2.24, 2.45) is 11.3 Å². The zero-order chi connectivity index (χ0) is 16.2. The first kappa shape index (κ1) is 16.3. The summed E-state index contributed by atoms with van der Waals surface area (Å²) in [5.41, 5.74) is 0.593. The van der Waals surface area contributed by atoms with E-state index in [1.807, 2.05) is 18.5 Å². The van der Waals surface area contributed by atoms with Crippen molar-refractivity contribution in [2.75, 3.05) is 50.7 Å². The molecule has 1 aromatic rings. The van der Waals surface area contributed by atoms with Crippen LogP contribution in [0.5, 0.6) is 0 Å². The molecule has 5 heteroatoms. The molecule has 3 saturated heterocycles. The fourth-order valence-corrected chi connectivity index (χ4v) is 4.77. The van der Waals surface area contributed by atoms with Gasteiger partial charge in [-0.25, -0.2) is 9.97 Å². The molecule has 1 aromatic heterocycles. The average molecular weight is 329 g/mol. The molecule has 0 unspecified atom stereocenters. The van der Waals surface area contributed by atoms with Crippen molar-refractivity contribution in [3.63, 3.8) is 0 Å². The fourth-order valence-electron chi connectivity index (χ4n) is 4.77. The number of aromatic nitrogens is 2. The van der Waals surface area contributed by atoms with Gasteiger partial charge >= 0.3 is 0 Å². The molecular formula is C19H31N5. The van der Waals surface area contributed by atoms with Crippen LogP contribution < -0.4 is 10.2 Å². The third-order valence-electron chi connectivity index (χ3n) is 6.55. The summed E-state index contributed by atoms with van der Waals surface area (Å²) in [6.45, 7) is 8.65. The van der Waals surface area contributed by atoms with Gasteiger partial charge in [0.25, 0.3) is 0 Å². The lowest BCUT2D eigenvalue weighted by Gasteiger charge is -2.47. The van der Waals surface area contributed by atoms with E-state index in [9.17, 15) is 0 Å². The lowest BCUT2D eigenvalue weighted by Crippen LogP contribution is -2.48. The SMILES string of the molecule is c1cnc(N2CCC3(CCN(CC4CCNCC4)CC3)CC2)nc1. The number of piperidine rings is 3. The topological polar surface area (TPSA) is 44.3 Å². The van der Waals surface area contributed by atoms with Crippen LogP contribution in [0, 0.1) is 11.3 Å². The van der Waals surface area contributed by atoms with E-state index in [2.05, 4.69) is 25.1 Å². The molecule has 24 heavy (non-hydrogen) atoms. The second-order valence-corrected chi connectivity index (χ2v) is 8.03. The molecule has 0 aromatic carbocycles. The Kier molecular flexibility index (Phi) is 4.99. The van der Waals surface area contributed by atoms with Crippen LogP contribution in [-0.4, -0.2) is 60.7 Å². The van der Waals surface area contributed by atoms with E-state index < -0.39 is 0 Å². The van der Waals surface area contributed by atoms with Gasteiger partial charge in [-0.3, -0.25) is 0 Å². The standard InChI is InChI=1S/C19H31N5/c1-8-21-18(22-9-1)24-14-6-19(7-15-24)4-12-23(13-5-19)16-17-2-10-20-11-3-17/h1,8-9,17,20H,2-7,10-16H2. The summed E-state index contributed by atoms with van der Waals surface area (Å²) in [6.07, 6.45) is 11.8. The Hall–Kier alpha value is -1.20. The van der Waals surface area contributed by atoms with E-state index in [0.29, 0.717) is 5.41 Å². The summed E-state index contributed by atoms with van der Waals surface area (Å²) in [6, 6.07) is 1.90. The van der Waals surface area contributed by atoms with Gasteiger partial charge in [-0.05, 0) is 82.1 Å². The maximum absolute atomic E-state index is 4.41. The molecule has 0 aliphatic carbocycles. The number of hydrogen-bond acceptors (Lipinski definition) is 5. The van der Waals surface area contributed by atoms with Crippen molar-refractivity contribution >= 4 is 5.95 Å². The van der Waals surface area contributed by atoms with Gasteiger partial charge in [0.05, 0.1) is 0 Å². The molecular weight excluding hydrogens is 298 g/mol. The number of hydrogen-bond donors (Lipinski definition) is 1. The van der Waals surface area contributed by atoms with Gasteiger partial charge in [0, 0.05) is 32.0 Å². The monoisotopic (exact) mass is 329 g/mol. The number of rotatable bonds is 3. The molecule has 1 spiro atoms. The summed E-state index contributed by atoms with van der Waals surface area (Å²) in [5, 5.41) is 3.48. The summed E-state index contributed by atoms with van der Waals surface area (Å²) < 4.78 is 0. The molecule has 0 saturated carbocycles. The Morgan fingerprint density at radius 1 is 0.958 bits per heavy atom. The van der Waals surface area contributed by atoms with Crippen LogP contribution in [0.3, 0.4) is 0 Å². The smallest absolute Gasteiger partial charge is 0.225 e. The van der Waals surface area contributed by atoms with Gasteiger partial charge in [0.15, 0.2) is 0 Å². The highest BCUT2D eigenvalue weighted by atomic mass is 15.3. The molecule has 1 N–H and O–H groups in total. The van der Waals surface area contributed by atoms with E-state index in [0.717, 1.165) is 25.0 Å². The molecule has 4 rings (SSSR count). The Balaban J connectivity index is 1.25. The second kappa shape index (κ2) is 7.36. The minimum absolute atomic E-state index is 0.593. The molecule has 3 fully saturated rings. The first-order valence-corrected chi connectivity index (χ1v) is 9.78. The van der Waals surface area contributed by atoms with E-state index >= 15 is 0 Å². The molecule has 0 radical (unpaired) electrons. The molecule has 0 atom stereocenters. The molecule has 3 aliphatic heterocycles. The molecule has 0 bridgehead atoms. The Morgan fingerprint density at radius 2 is 1.58 bits per heavy atom. The lowest BCUT2D eigenvalue weighted by molar-refractivity contribution is 0.0669. The summed E-state index contributed by atoms with van der Waals surface area (Å²) >= 11 is 0. The molecule has 5 nitrogen and oxygen atoms in total. The largest absolute Gasteiger partial charge is 0.341 e. The number of likely N-dealkylation sites (tertiary alicyclic amines) is 1. The fraction of sp³-hybridized carbons (Fsp3) is 0.789. The molecule has 0 amide bonds. The van der Waals surface area contributed by atoms with Crippen LogP contribution in [0.2, 0.25) is 0 Å². The van der Waals surface area contributed by atoms with Crippen LogP contribution in [0.25, 0.3) is 0 Å². The summed E-state index contributed by atoms with van der Waals surface area (Å²) in [4.78, 5) is 13.9. The molecule has 4 heterocycles. The second-order valence-electron chi connectivity index (χ2n) is 8.03. The van der Waals surface area contributed by atoms with Crippen molar-refractivity contribution < 1.29 is 0 Å². The summed E-state index contributed by atoms with van der Waals surface area (Å²) in [7, 11) is 0. The van der Waals surface area contributed by atoms with Gasteiger partial charge in [0.2, 0.25) is 5.95 Å².